The van der Waals surface area contributed by atoms with Crippen LogP contribution in [0.4, 0.5) is 5.82 Å². The van der Waals surface area contributed by atoms with E-state index in [1.165, 1.54) is 31.4 Å². The third kappa shape index (κ3) is 5.62. The second-order valence-corrected chi connectivity index (χ2v) is 6.58. The number of hydrogen-bond acceptors (Lipinski definition) is 8. The molecule has 0 bridgehead atoms. The Bertz CT molecular complexity index is 787. The summed E-state index contributed by atoms with van der Waals surface area (Å²) in [4.78, 5) is 35.2. The van der Waals surface area contributed by atoms with E-state index in [2.05, 4.69) is 15.2 Å². The van der Waals surface area contributed by atoms with Crippen molar-refractivity contribution in [1.82, 2.24) is 5.16 Å². The Kier molecular flexibility index (Phi) is 6.79. The summed E-state index contributed by atoms with van der Waals surface area (Å²) in [6, 6.07) is 7.59. The van der Waals surface area contributed by atoms with Gasteiger partial charge in [-0.1, -0.05) is 5.16 Å². The van der Waals surface area contributed by atoms with Gasteiger partial charge in [-0.05, 0) is 38.1 Å². The SMILES string of the molecule is COC(=O)c1ccc(OC(=O)CS[C@@H](C)C(=O)Nc2cc(C)on2)cc1. The van der Waals surface area contributed by atoms with Crippen LogP contribution >= 0.6 is 11.8 Å². The van der Waals surface area contributed by atoms with Crippen LogP contribution in [0.5, 0.6) is 5.75 Å². The number of thioether (sulfide) groups is 1. The maximum absolute atomic E-state index is 12.0. The summed E-state index contributed by atoms with van der Waals surface area (Å²) in [5, 5.41) is 5.79. The number of carbonyl (C=O) groups excluding carboxylic acids is 3. The Morgan fingerprint density at radius 1 is 1.27 bits per heavy atom. The molecule has 138 valence electrons. The van der Waals surface area contributed by atoms with E-state index in [0.717, 1.165) is 11.8 Å². The second-order valence-electron chi connectivity index (χ2n) is 5.26. The standard InChI is InChI=1S/C17H18N2O6S/c1-10-8-14(19-25-10)18-16(21)11(2)26-9-15(20)24-13-6-4-12(5-7-13)17(22)23-3/h4-8,11H,9H2,1-3H3,(H,18,19,21)/t11-/m0/s1. The number of aryl methyl sites for hydroxylation is 1. The van der Waals surface area contributed by atoms with Gasteiger partial charge >= 0.3 is 11.9 Å². The summed E-state index contributed by atoms with van der Waals surface area (Å²) in [7, 11) is 1.29. The molecule has 26 heavy (non-hydrogen) atoms. The molecule has 0 aliphatic heterocycles. The first-order chi connectivity index (χ1) is 12.4. The molecule has 0 radical (unpaired) electrons. The quantitative estimate of drug-likeness (QED) is 0.578. The fourth-order valence-corrected chi connectivity index (χ4v) is 2.52. The molecule has 1 heterocycles. The molecule has 1 amide bonds. The van der Waals surface area contributed by atoms with Crippen molar-refractivity contribution in [2.75, 3.05) is 18.2 Å². The highest BCUT2D eigenvalue weighted by molar-refractivity contribution is 8.01. The van der Waals surface area contributed by atoms with Crippen LogP contribution in [0.2, 0.25) is 0 Å². The molecule has 1 aromatic heterocycles. The van der Waals surface area contributed by atoms with E-state index in [1.54, 1.807) is 19.9 Å². The molecule has 2 aromatic rings. The number of esters is 2. The number of aromatic nitrogens is 1. The Morgan fingerprint density at radius 2 is 1.96 bits per heavy atom. The van der Waals surface area contributed by atoms with Crippen LogP contribution in [-0.2, 0) is 14.3 Å². The normalized spacial score (nSPS) is 11.5. The summed E-state index contributed by atoms with van der Waals surface area (Å²) in [5.41, 5.74) is 0.357. The minimum Gasteiger partial charge on any atom is -0.465 e. The summed E-state index contributed by atoms with van der Waals surface area (Å²) in [6.07, 6.45) is 0. The maximum atomic E-state index is 12.0. The average Bonchev–Trinajstić information content (AvgIpc) is 3.04. The number of ether oxygens (including phenoxy) is 2. The summed E-state index contributed by atoms with van der Waals surface area (Å²) < 4.78 is 14.6. The minimum absolute atomic E-state index is 0.00875. The fraction of sp³-hybridized carbons (Fsp3) is 0.294. The zero-order chi connectivity index (χ0) is 19.1. The summed E-state index contributed by atoms with van der Waals surface area (Å²) in [6.45, 7) is 3.39. The number of rotatable bonds is 7. The first-order valence-corrected chi connectivity index (χ1v) is 8.68. The first kappa shape index (κ1) is 19.5. The maximum Gasteiger partial charge on any atom is 0.337 e. The molecule has 1 aromatic carbocycles. The molecular formula is C17H18N2O6S. The van der Waals surface area contributed by atoms with Gasteiger partial charge in [0.25, 0.3) is 0 Å². The van der Waals surface area contributed by atoms with Gasteiger partial charge in [-0.3, -0.25) is 9.59 Å². The van der Waals surface area contributed by atoms with Crippen LogP contribution in [0.3, 0.4) is 0 Å². The molecule has 0 unspecified atom stereocenters. The molecule has 1 atom stereocenters. The summed E-state index contributed by atoms with van der Waals surface area (Å²) >= 11 is 1.13. The van der Waals surface area contributed by atoms with E-state index in [0.29, 0.717) is 22.9 Å². The van der Waals surface area contributed by atoms with E-state index in [4.69, 9.17) is 9.26 Å². The van der Waals surface area contributed by atoms with Crippen molar-refractivity contribution in [2.45, 2.75) is 19.1 Å². The zero-order valence-electron chi connectivity index (χ0n) is 14.5. The molecule has 2 rings (SSSR count). The smallest absolute Gasteiger partial charge is 0.337 e. The number of methoxy groups -OCH3 is 1. The number of amides is 1. The molecule has 0 saturated heterocycles. The third-order valence-electron chi connectivity index (χ3n) is 3.21. The van der Waals surface area contributed by atoms with Gasteiger partial charge in [-0.25, -0.2) is 4.79 Å². The second kappa shape index (κ2) is 9.04. The van der Waals surface area contributed by atoms with Crippen LogP contribution in [0, 0.1) is 6.92 Å². The van der Waals surface area contributed by atoms with Crippen molar-refractivity contribution in [3.63, 3.8) is 0 Å². The molecule has 0 saturated carbocycles. The van der Waals surface area contributed by atoms with E-state index >= 15 is 0 Å². The lowest BCUT2D eigenvalue weighted by Gasteiger charge is -2.10. The molecule has 9 heteroatoms. The van der Waals surface area contributed by atoms with Crippen LogP contribution in [-0.4, -0.2) is 41.1 Å². The lowest BCUT2D eigenvalue weighted by molar-refractivity contribution is -0.131. The lowest BCUT2D eigenvalue weighted by Crippen LogP contribution is -2.24. The average molecular weight is 378 g/mol. The van der Waals surface area contributed by atoms with Gasteiger partial charge < -0.3 is 19.3 Å². The van der Waals surface area contributed by atoms with Gasteiger partial charge in [-0.2, -0.15) is 0 Å². The van der Waals surface area contributed by atoms with Gasteiger partial charge in [0, 0.05) is 6.07 Å². The highest BCUT2D eigenvalue weighted by atomic mass is 32.2. The van der Waals surface area contributed by atoms with Gasteiger partial charge in [0.1, 0.15) is 11.5 Å². The van der Waals surface area contributed by atoms with Gasteiger partial charge in [-0.15, -0.1) is 11.8 Å². The van der Waals surface area contributed by atoms with Crippen molar-refractivity contribution in [1.29, 1.82) is 0 Å². The molecule has 0 fully saturated rings. The summed E-state index contributed by atoms with van der Waals surface area (Å²) in [5.74, 6) is -0.0588. The van der Waals surface area contributed by atoms with E-state index in [-0.39, 0.29) is 11.7 Å². The van der Waals surface area contributed by atoms with Gasteiger partial charge in [0.15, 0.2) is 5.82 Å². The number of benzene rings is 1. The van der Waals surface area contributed by atoms with Crippen molar-refractivity contribution in [3.8, 4) is 5.75 Å². The van der Waals surface area contributed by atoms with Gasteiger partial charge in [0.05, 0.1) is 23.7 Å². The van der Waals surface area contributed by atoms with Crippen molar-refractivity contribution >= 4 is 35.4 Å². The van der Waals surface area contributed by atoms with Crippen molar-refractivity contribution in [3.05, 3.63) is 41.7 Å². The number of carbonyl (C=O) groups is 3. The molecule has 0 aliphatic carbocycles. The lowest BCUT2D eigenvalue weighted by atomic mass is 10.2. The van der Waals surface area contributed by atoms with Gasteiger partial charge in [0.2, 0.25) is 5.91 Å². The topological polar surface area (TPSA) is 108 Å². The number of nitrogens with zero attached hydrogens (tertiary/aromatic N) is 1. The van der Waals surface area contributed by atoms with Crippen LogP contribution in [0.25, 0.3) is 0 Å². The Hall–Kier alpha value is -2.81. The van der Waals surface area contributed by atoms with Crippen LogP contribution in [0.15, 0.2) is 34.9 Å². The minimum atomic E-state index is -0.502. The third-order valence-corrected chi connectivity index (χ3v) is 4.32. The van der Waals surface area contributed by atoms with Crippen molar-refractivity contribution in [2.24, 2.45) is 0 Å². The molecule has 1 N–H and O–H groups in total. The predicted octanol–water partition coefficient (Wildman–Crippen LogP) is 2.44. The number of anilines is 1. The van der Waals surface area contributed by atoms with E-state index in [9.17, 15) is 14.4 Å². The van der Waals surface area contributed by atoms with Crippen molar-refractivity contribution < 1.29 is 28.4 Å². The molecule has 0 spiro atoms. The Morgan fingerprint density at radius 3 is 2.54 bits per heavy atom. The highest BCUT2D eigenvalue weighted by Crippen LogP contribution is 2.17. The number of hydrogen-bond donors (Lipinski definition) is 1. The largest absolute Gasteiger partial charge is 0.465 e. The zero-order valence-corrected chi connectivity index (χ0v) is 15.3. The molecule has 0 aliphatic rings. The van der Waals surface area contributed by atoms with E-state index < -0.39 is 17.2 Å². The van der Waals surface area contributed by atoms with E-state index in [1.807, 2.05) is 0 Å². The Balaban J connectivity index is 1.78. The highest BCUT2D eigenvalue weighted by Gasteiger charge is 2.17. The Labute approximate surface area is 154 Å². The van der Waals surface area contributed by atoms with Crippen LogP contribution in [0.1, 0.15) is 23.0 Å². The monoisotopic (exact) mass is 378 g/mol. The van der Waals surface area contributed by atoms with Crippen LogP contribution < -0.4 is 10.1 Å². The molecular weight excluding hydrogens is 360 g/mol. The number of nitrogens with one attached hydrogen (secondary N) is 1. The molecule has 8 nitrogen and oxygen atoms in total. The fourth-order valence-electron chi connectivity index (χ4n) is 1.86. The first-order valence-electron chi connectivity index (χ1n) is 7.64. The predicted molar refractivity (Wildman–Crippen MR) is 95.2 cm³/mol.